The number of hydrogen-bond donors (Lipinski definition) is 2. The first-order valence-electron chi connectivity index (χ1n) is 12.5. The SMILES string of the molecule is Cc1ccc(-n2nc(C3CCN(C4CCN4C(=O)O)CC3)cc2NC(=O)c2cnn3cccnc23)cc1. The van der Waals surface area contributed by atoms with Crippen molar-refractivity contribution in [2.24, 2.45) is 0 Å². The molecule has 37 heavy (non-hydrogen) atoms. The number of anilines is 1. The first-order valence-corrected chi connectivity index (χ1v) is 12.5. The van der Waals surface area contributed by atoms with Gasteiger partial charge in [-0.25, -0.2) is 19.0 Å². The van der Waals surface area contributed by atoms with Crippen LogP contribution in [0.1, 0.15) is 46.8 Å². The van der Waals surface area contributed by atoms with E-state index in [9.17, 15) is 14.7 Å². The third-order valence-electron chi connectivity index (χ3n) is 7.38. The first kappa shape index (κ1) is 23.2. The molecule has 2 aliphatic rings. The monoisotopic (exact) mass is 500 g/mol. The average molecular weight is 501 g/mol. The zero-order chi connectivity index (χ0) is 25.5. The number of aryl methyl sites for hydroxylation is 1. The Kier molecular flexibility index (Phi) is 5.84. The van der Waals surface area contributed by atoms with Crippen LogP contribution >= 0.6 is 0 Å². The molecule has 0 saturated carbocycles. The molecule has 1 atom stereocenters. The van der Waals surface area contributed by atoms with Gasteiger partial charge < -0.3 is 10.4 Å². The summed E-state index contributed by atoms with van der Waals surface area (Å²) in [6.45, 7) is 4.26. The first-order chi connectivity index (χ1) is 18.0. The predicted molar refractivity (Wildman–Crippen MR) is 136 cm³/mol. The van der Waals surface area contributed by atoms with Gasteiger partial charge in [-0.3, -0.25) is 14.6 Å². The van der Waals surface area contributed by atoms with E-state index in [1.807, 2.05) is 37.3 Å². The minimum Gasteiger partial charge on any atom is -0.465 e. The van der Waals surface area contributed by atoms with Gasteiger partial charge in [-0.2, -0.15) is 10.2 Å². The molecular weight excluding hydrogens is 472 g/mol. The van der Waals surface area contributed by atoms with E-state index in [0.717, 1.165) is 49.3 Å². The lowest BCUT2D eigenvalue weighted by molar-refractivity contribution is -0.0307. The molecule has 6 rings (SSSR count). The molecule has 2 fully saturated rings. The fraction of sp³-hybridized carbons (Fsp3) is 0.346. The molecule has 190 valence electrons. The Morgan fingerprint density at radius 2 is 1.86 bits per heavy atom. The van der Waals surface area contributed by atoms with E-state index in [4.69, 9.17) is 5.10 Å². The topological polar surface area (TPSA) is 121 Å². The highest BCUT2D eigenvalue weighted by molar-refractivity contribution is 6.07. The van der Waals surface area contributed by atoms with Crippen LogP contribution in [0.2, 0.25) is 0 Å². The van der Waals surface area contributed by atoms with Crippen molar-refractivity contribution in [2.45, 2.75) is 38.3 Å². The van der Waals surface area contributed by atoms with Crippen molar-refractivity contribution >= 4 is 23.5 Å². The molecule has 3 aromatic heterocycles. The van der Waals surface area contributed by atoms with Crippen molar-refractivity contribution in [1.82, 2.24) is 34.2 Å². The fourth-order valence-electron chi connectivity index (χ4n) is 5.21. The highest BCUT2D eigenvalue weighted by Crippen LogP contribution is 2.33. The molecule has 0 radical (unpaired) electrons. The number of fused-ring (bicyclic) bond motifs is 1. The summed E-state index contributed by atoms with van der Waals surface area (Å²) in [5, 5.41) is 21.5. The number of carbonyl (C=O) groups is 2. The maximum absolute atomic E-state index is 13.3. The molecule has 2 N–H and O–H groups in total. The smallest absolute Gasteiger partial charge is 0.408 e. The van der Waals surface area contributed by atoms with Gasteiger partial charge in [0.2, 0.25) is 0 Å². The van der Waals surface area contributed by atoms with Crippen molar-refractivity contribution in [1.29, 1.82) is 0 Å². The van der Waals surface area contributed by atoms with E-state index in [1.54, 1.807) is 27.7 Å². The highest BCUT2D eigenvalue weighted by Gasteiger charge is 2.38. The minimum atomic E-state index is -0.850. The summed E-state index contributed by atoms with van der Waals surface area (Å²) >= 11 is 0. The minimum absolute atomic E-state index is 0.0159. The average Bonchev–Trinajstić information content (AvgIpc) is 3.49. The van der Waals surface area contributed by atoms with Crippen LogP contribution in [-0.2, 0) is 0 Å². The summed E-state index contributed by atoms with van der Waals surface area (Å²) in [5.41, 5.74) is 3.78. The maximum atomic E-state index is 13.3. The molecule has 0 aliphatic carbocycles. The van der Waals surface area contributed by atoms with Gasteiger partial charge in [-0.1, -0.05) is 17.7 Å². The maximum Gasteiger partial charge on any atom is 0.408 e. The number of benzene rings is 1. The Hall–Kier alpha value is -4.25. The van der Waals surface area contributed by atoms with Gasteiger partial charge in [0.05, 0.1) is 23.7 Å². The number of piperidine rings is 1. The molecule has 0 bridgehead atoms. The zero-order valence-corrected chi connectivity index (χ0v) is 20.5. The molecule has 5 heterocycles. The third kappa shape index (κ3) is 4.31. The van der Waals surface area contributed by atoms with Crippen LogP contribution in [0, 0.1) is 6.92 Å². The molecule has 11 heteroatoms. The Morgan fingerprint density at radius 3 is 2.57 bits per heavy atom. The number of carboxylic acid groups (broad SMARTS) is 1. The molecular formula is C26H28N8O3. The van der Waals surface area contributed by atoms with Gasteiger partial charge in [-0.05, 0) is 44.4 Å². The standard InChI is InChI=1S/C26H28N8O3/c1-17-3-5-19(6-4-17)34-22(29-25(35)20-16-28-33-11-2-10-27-24(20)33)15-21(30-34)18-7-12-31(13-8-18)23-9-14-32(23)26(36)37/h2-6,10-11,15-16,18,23H,7-9,12-14H2,1H3,(H,29,35)(H,36,37). The van der Waals surface area contributed by atoms with Gasteiger partial charge in [-0.15, -0.1) is 0 Å². The molecule has 2 amide bonds. The van der Waals surface area contributed by atoms with Crippen molar-refractivity contribution in [2.75, 3.05) is 25.0 Å². The predicted octanol–water partition coefficient (Wildman–Crippen LogP) is 3.36. The zero-order valence-electron chi connectivity index (χ0n) is 20.5. The normalized spacial score (nSPS) is 18.6. The molecule has 11 nitrogen and oxygen atoms in total. The Bertz CT molecular complexity index is 1450. The lowest BCUT2D eigenvalue weighted by Crippen LogP contribution is -2.60. The Labute approximate surface area is 213 Å². The van der Waals surface area contributed by atoms with Crippen LogP contribution in [0.15, 0.2) is 55.0 Å². The summed E-state index contributed by atoms with van der Waals surface area (Å²) in [6.07, 6.45) is 6.67. The molecule has 1 unspecified atom stereocenters. The van der Waals surface area contributed by atoms with Crippen LogP contribution in [0.25, 0.3) is 11.3 Å². The van der Waals surface area contributed by atoms with Gasteiger partial charge in [0, 0.05) is 44.0 Å². The van der Waals surface area contributed by atoms with E-state index < -0.39 is 6.09 Å². The van der Waals surface area contributed by atoms with Crippen molar-refractivity contribution in [3.63, 3.8) is 0 Å². The van der Waals surface area contributed by atoms with Crippen molar-refractivity contribution < 1.29 is 14.7 Å². The fourth-order valence-corrected chi connectivity index (χ4v) is 5.21. The molecule has 2 aliphatic heterocycles. The van der Waals surface area contributed by atoms with Crippen molar-refractivity contribution in [3.05, 3.63) is 71.8 Å². The van der Waals surface area contributed by atoms with Crippen LogP contribution < -0.4 is 5.32 Å². The molecule has 2 saturated heterocycles. The number of amides is 2. The van der Waals surface area contributed by atoms with Crippen LogP contribution in [-0.4, -0.2) is 77.1 Å². The second kappa shape index (κ2) is 9.32. The second-order valence-electron chi connectivity index (χ2n) is 9.66. The number of likely N-dealkylation sites (tertiary alicyclic amines) is 2. The highest BCUT2D eigenvalue weighted by atomic mass is 16.4. The lowest BCUT2D eigenvalue weighted by atomic mass is 9.92. The number of aromatic nitrogens is 5. The van der Waals surface area contributed by atoms with Gasteiger partial charge >= 0.3 is 6.09 Å². The van der Waals surface area contributed by atoms with Crippen molar-refractivity contribution in [3.8, 4) is 5.69 Å². The van der Waals surface area contributed by atoms with Gasteiger partial charge in [0.15, 0.2) is 5.65 Å². The molecule has 1 aromatic carbocycles. The van der Waals surface area contributed by atoms with Crippen LogP contribution in [0.4, 0.5) is 10.6 Å². The van der Waals surface area contributed by atoms with Crippen LogP contribution in [0.3, 0.4) is 0 Å². The summed E-state index contributed by atoms with van der Waals surface area (Å²) in [5.74, 6) is 0.496. The lowest BCUT2D eigenvalue weighted by Gasteiger charge is -2.47. The number of nitrogens with zero attached hydrogens (tertiary/aromatic N) is 7. The summed E-state index contributed by atoms with van der Waals surface area (Å²) < 4.78 is 3.34. The van der Waals surface area contributed by atoms with Gasteiger partial charge in [0.1, 0.15) is 11.4 Å². The summed E-state index contributed by atoms with van der Waals surface area (Å²) in [4.78, 5) is 32.7. The van der Waals surface area contributed by atoms with E-state index >= 15 is 0 Å². The Balaban J connectivity index is 1.25. The van der Waals surface area contributed by atoms with E-state index in [0.29, 0.717) is 23.6 Å². The second-order valence-corrected chi connectivity index (χ2v) is 9.66. The van der Waals surface area contributed by atoms with Gasteiger partial charge in [0.25, 0.3) is 5.91 Å². The quantitative estimate of drug-likeness (QED) is 0.431. The molecule has 0 spiro atoms. The van der Waals surface area contributed by atoms with E-state index in [1.165, 1.54) is 11.1 Å². The Morgan fingerprint density at radius 1 is 1.08 bits per heavy atom. The number of carbonyl (C=O) groups excluding carboxylic acids is 1. The summed E-state index contributed by atoms with van der Waals surface area (Å²) in [6, 6.07) is 11.7. The molecule has 4 aromatic rings. The number of nitrogens with one attached hydrogen (secondary N) is 1. The van der Waals surface area contributed by atoms with E-state index in [2.05, 4.69) is 20.3 Å². The summed E-state index contributed by atoms with van der Waals surface area (Å²) in [7, 11) is 0. The third-order valence-corrected chi connectivity index (χ3v) is 7.38. The number of rotatable bonds is 5. The van der Waals surface area contributed by atoms with E-state index in [-0.39, 0.29) is 18.0 Å². The van der Waals surface area contributed by atoms with Crippen LogP contribution in [0.5, 0.6) is 0 Å². The number of hydrogen-bond acceptors (Lipinski definition) is 6. The largest absolute Gasteiger partial charge is 0.465 e.